The zero-order valence-electron chi connectivity index (χ0n) is 17.6. The van der Waals surface area contributed by atoms with Crippen molar-refractivity contribution >= 4 is 17.5 Å². The molecule has 2 aromatic rings. The zero-order valence-corrected chi connectivity index (χ0v) is 17.6. The first-order valence-electron chi connectivity index (χ1n) is 10.6. The van der Waals surface area contributed by atoms with Gasteiger partial charge in [-0.3, -0.25) is 9.59 Å². The molecule has 2 saturated heterocycles. The summed E-state index contributed by atoms with van der Waals surface area (Å²) < 4.78 is 25.3. The van der Waals surface area contributed by atoms with Crippen molar-refractivity contribution in [2.24, 2.45) is 5.92 Å². The van der Waals surface area contributed by atoms with E-state index in [0.29, 0.717) is 19.7 Å². The Kier molecular flexibility index (Phi) is 6.51. The van der Waals surface area contributed by atoms with Gasteiger partial charge in [-0.15, -0.1) is 0 Å². The lowest BCUT2D eigenvalue weighted by atomic mass is 10.1. The first kappa shape index (κ1) is 21.3. The van der Waals surface area contributed by atoms with Gasteiger partial charge in [-0.2, -0.15) is 0 Å². The van der Waals surface area contributed by atoms with Gasteiger partial charge in [0.15, 0.2) is 0 Å². The molecule has 0 radical (unpaired) electrons. The van der Waals surface area contributed by atoms with Crippen molar-refractivity contribution in [1.82, 2.24) is 4.90 Å². The molecule has 164 valence electrons. The van der Waals surface area contributed by atoms with Crippen molar-refractivity contribution in [3.05, 3.63) is 59.9 Å². The summed E-state index contributed by atoms with van der Waals surface area (Å²) in [6.07, 6.45) is 1.96. The van der Waals surface area contributed by atoms with Crippen molar-refractivity contribution in [3.8, 4) is 5.75 Å². The smallest absolute Gasteiger partial charge is 0.228 e. The van der Waals surface area contributed by atoms with Crippen LogP contribution in [-0.4, -0.2) is 49.6 Å². The summed E-state index contributed by atoms with van der Waals surface area (Å²) in [4.78, 5) is 29.2. The van der Waals surface area contributed by atoms with Crippen molar-refractivity contribution in [2.45, 2.75) is 31.9 Å². The molecule has 2 fully saturated rings. The lowest BCUT2D eigenvalue weighted by molar-refractivity contribution is -0.138. The van der Waals surface area contributed by atoms with Crippen LogP contribution in [0.1, 0.15) is 24.8 Å². The Morgan fingerprint density at radius 2 is 2.10 bits per heavy atom. The molecule has 2 aliphatic rings. The number of hydrogen-bond acceptors (Lipinski definition) is 4. The molecule has 4 rings (SSSR count). The van der Waals surface area contributed by atoms with E-state index in [4.69, 9.17) is 9.47 Å². The van der Waals surface area contributed by atoms with Crippen LogP contribution in [0.3, 0.4) is 0 Å². The molecule has 0 spiro atoms. The van der Waals surface area contributed by atoms with Gasteiger partial charge >= 0.3 is 0 Å². The Balaban J connectivity index is 1.52. The molecule has 0 aromatic heterocycles. The first-order valence-corrected chi connectivity index (χ1v) is 10.6. The van der Waals surface area contributed by atoms with Crippen molar-refractivity contribution in [2.75, 3.05) is 31.7 Å². The number of ether oxygens (including phenoxy) is 2. The summed E-state index contributed by atoms with van der Waals surface area (Å²) in [5.41, 5.74) is 1.17. The van der Waals surface area contributed by atoms with Gasteiger partial charge in [-0.05, 0) is 42.7 Å². The summed E-state index contributed by atoms with van der Waals surface area (Å²) in [5.74, 6) is -0.591. The van der Waals surface area contributed by atoms with E-state index in [0.717, 1.165) is 24.2 Å². The summed E-state index contributed by atoms with van der Waals surface area (Å²) in [7, 11) is 1.61. The van der Waals surface area contributed by atoms with Crippen LogP contribution in [0.15, 0.2) is 48.5 Å². The Morgan fingerprint density at radius 1 is 1.26 bits per heavy atom. The highest BCUT2D eigenvalue weighted by atomic mass is 19.1. The highest BCUT2D eigenvalue weighted by Crippen LogP contribution is 2.29. The van der Waals surface area contributed by atoms with E-state index in [2.05, 4.69) is 0 Å². The maximum absolute atomic E-state index is 14.2. The van der Waals surface area contributed by atoms with Crippen molar-refractivity contribution < 1.29 is 23.5 Å². The number of para-hydroxylation sites is 1. The highest BCUT2D eigenvalue weighted by Gasteiger charge is 2.38. The Hall–Kier alpha value is -2.93. The second-order valence-corrected chi connectivity index (χ2v) is 8.06. The topological polar surface area (TPSA) is 59.1 Å². The Morgan fingerprint density at radius 3 is 2.84 bits per heavy atom. The van der Waals surface area contributed by atoms with Crippen LogP contribution >= 0.6 is 0 Å². The Labute approximate surface area is 181 Å². The average molecular weight is 426 g/mol. The van der Waals surface area contributed by atoms with Gasteiger partial charge < -0.3 is 19.3 Å². The number of rotatable bonds is 7. The van der Waals surface area contributed by atoms with Crippen molar-refractivity contribution in [3.63, 3.8) is 0 Å². The number of benzene rings is 2. The van der Waals surface area contributed by atoms with Crippen LogP contribution in [0.2, 0.25) is 0 Å². The summed E-state index contributed by atoms with van der Waals surface area (Å²) in [6.45, 7) is 1.76. The molecule has 7 heteroatoms. The maximum atomic E-state index is 14.2. The summed E-state index contributed by atoms with van der Waals surface area (Å²) >= 11 is 0. The second-order valence-electron chi connectivity index (χ2n) is 8.06. The van der Waals surface area contributed by atoms with E-state index in [9.17, 15) is 14.0 Å². The molecular weight excluding hydrogens is 399 g/mol. The van der Waals surface area contributed by atoms with Crippen LogP contribution in [0.4, 0.5) is 10.1 Å². The van der Waals surface area contributed by atoms with Crippen LogP contribution in [0.5, 0.6) is 5.75 Å². The fraction of sp³-hybridized carbons (Fsp3) is 0.417. The van der Waals surface area contributed by atoms with E-state index < -0.39 is 11.7 Å². The fourth-order valence-electron chi connectivity index (χ4n) is 4.29. The molecule has 2 amide bonds. The molecule has 2 atom stereocenters. The lowest BCUT2D eigenvalue weighted by Gasteiger charge is -2.28. The van der Waals surface area contributed by atoms with Gasteiger partial charge in [0.1, 0.15) is 11.6 Å². The van der Waals surface area contributed by atoms with Crippen LogP contribution in [0, 0.1) is 11.7 Å². The predicted octanol–water partition coefficient (Wildman–Crippen LogP) is 3.40. The number of amides is 2. The van der Waals surface area contributed by atoms with Gasteiger partial charge in [0.2, 0.25) is 11.8 Å². The number of anilines is 1. The molecule has 0 aliphatic carbocycles. The lowest BCUT2D eigenvalue weighted by Crippen LogP contribution is -2.41. The minimum atomic E-state index is -0.515. The van der Waals surface area contributed by atoms with E-state index in [1.54, 1.807) is 30.2 Å². The summed E-state index contributed by atoms with van der Waals surface area (Å²) in [6, 6.07) is 13.8. The predicted molar refractivity (Wildman–Crippen MR) is 114 cm³/mol. The third-order valence-electron chi connectivity index (χ3n) is 5.88. The standard InChI is InChI=1S/C24H27FN2O4/c1-30-19-7-4-6-17(12-19)14-26(16-20-8-5-11-31-20)24(29)18-13-23(28)27(15-18)22-10-3-2-9-21(22)25/h2-4,6-7,9-10,12,18,20H,5,8,11,13-16H2,1H3. The Bertz CT molecular complexity index is 945. The number of carbonyl (C=O) groups is 2. The molecular formula is C24H27FN2O4. The summed E-state index contributed by atoms with van der Waals surface area (Å²) in [5, 5.41) is 0. The molecule has 0 saturated carbocycles. The van der Waals surface area contributed by atoms with Gasteiger partial charge in [0, 0.05) is 32.7 Å². The zero-order chi connectivity index (χ0) is 21.8. The highest BCUT2D eigenvalue weighted by molar-refractivity contribution is 6.00. The third-order valence-corrected chi connectivity index (χ3v) is 5.88. The first-order chi connectivity index (χ1) is 15.0. The molecule has 31 heavy (non-hydrogen) atoms. The maximum Gasteiger partial charge on any atom is 0.228 e. The largest absolute Gasteiger partial charge is 0.497 e. The SMILES string of the molecule is COc1cccc(CN(CC2CCCO2)C(=O)C2CC(=O)N(c3ccccc3F)C2)c1. The molecule has 2 aliphatic heterocycles. The number of hydrogen-bond donors (Lipinski definition) is 0. The van der Waals surface area contributed by atoms with Gasteiger partial charge in [-0.1, -0.05) is 24.3 Å². The minimum absolute atomic E-state index is 0.00525. The average Bonchev–Trinajstić information content (AvgIpc) is 3.43. The van der Waals surface area contributed by atoms with Gasteiger partial charge in [0.05, 0.1) is 24.8 Å². The quantitative estimate of drug-likeness (QED) is 0.681. The number of methoxy groups -OCH3 is 1. The second kappa shape index (κ2) is 9.47. The van der Waals surface area contributed by atoms with E-state index in [1.807, 2.05) is 24.3 Å². The monoisotopic (exact) mass is 426 g/mol. The fourth-order valence-corrected chi connectivity index (χ4v) is 4.29. The van der Waals surface area contributed by atoms with Crippen LogP contribution in [-0.2, 0) is 20.9 Å². The van der Waals surface area contributed by atoms with Crippen LogP contribution < -0.4 is 9.64 Å². The molecule has 0 N–H and O–H groups in total. The van der Waals surface area contributed by atoms with Gasteiger partial charge in [0.25, 0.3) is 0 Å². The normalized spacial score (nSPS) is 20.8. The molecule has 2 heterocycles. The number of halogens is 1. The molecule has 2 unspecified atom stereocenters. The third kappa shape index (κ3) is 4.88. The number of carbonyl (C=O) groups excluding carboxylic acids is 2. The number of nitrogens with zero attached hydrogens (tertiary/aromatic N) is 2. The van der Waals surface area contributed by atoms with E-state index in [-0.39, 0.29) is 36.6 Å². The van der Waals surface area contributed by atoms with E-state index >= 15 is 0 Å². The van der Waals surface area contributed by atoms with Gasteiger partial charge in [-0.25, -0.2) is 4.39 Å². The molecule has 2 aromatic carbocycles. The molecule has 0 bridgehead atoms. The van der Waals surface area contributed by atoms with Crippen LogP contribution in [0.25, 0.3) is 0 Å². The minimum Gasteiger partial charge on any atom is -0.497 e. The van der Waals surface area contributed by atoms with Crippen molar-refractivity contribution in [1.29, 1.82) is 0 Å². The van der Waals surface area contributed by atoms with E-state index in [1.165, 1.54) is 11.0 Å². The molecule has 6 nitrogen and oxygen atoms in total.